The van der Waals surface area contributed by atoms with Crippen LogP contribution in [0.15, 0.2) is 42.5 Å². The van der Waals surface area contributed by atoms with Crippen LogP contribution < -0.4 is 0 Å². The molecule has 0 saturated carbocycles. The summed E-state index contributed by atoms with van der Waals surface area (Å²) in [6.45, 7) is 3.25. The molecule has 6 heteroatoms. The minimum Gasteiger partial charge on any atom is -0.325 e. The van der Waals surface area contributed by atoms with Crippen molar-refractivity contribution in [2.24, 2.45) is 0 Å². The Morgan fingerprint density at radius 3 is 3.00 bits per heavy atom. The van der Waals surface area contributed by atoms with Gasteiger partial charge in [0.05, 0.1) is 11.6 Å². The number of aromatic amines is 1. The highest BCUT2D eigenvalue weighted by Gasteiger charge is 2.40. The van der Waals surface area contributed by atoms with E-state index in [1.54, 1.807) is 4.90 Å². The van der Waals surface area contributed by atoms with E-state index in [2.05, 4.69) is 46.7 Å². The van der Waals surface area contributed by atoms with E-state index in [9.17, 15) is 10.1 Å². The van der Waals surface area contributed by atoms with Crippen LogP contribution in [0.25, 0.3) is 10.9 Å². The highest BCUT2D eigenvalue weighted by Crippen LogP contribution is 2.40. The van der Waals surface area contributed by atoms with Crippen LogP contribution in [0.5, 0.6) is 0 Å². The summed E-state index contributed by atoms with van der Waals surface area (Å²) in [5.74, 6) is 0.0403. The number of nitrogens with zero attached hydrogens (tertiary/aromatic N) is 4. The van der Waals surface area contributed by atoms with Crippen LogP contribution in [0.3, 0.4) is 0 Å². The van der Waals surface area contributed by atoms with E-state index < -0.39 is 0 Å². The number of nitrogens with one attached hydrogen (secondary N) is 1. The monoisotopic (exact) mass is 371 g/mol. The molecule has 5 rings (SSSR count). The van der Waals surface area contributed by atoms with Crippen molar-refractivity contribution in [1.82, 2.24) is 20.0 Å². The van der Waals surface area contributed by atoms with Crippen LogP contribution in [-0.2, 0) is 11.3 Å². The topological polar surface area (TPSA) is 76.0 Å². The number of fused-ring (bicyclic) bond motifs is 2. The second-order valence-electron chi connectivity index (χ2n) is 7.64. The van der Waals surface area contributed by atoms with Crippen molar-refractivity contribution in [2.75, 3.05) is 6.54 Å². The zero-order valence-electron chi connectivity index (χ0n) is 15.7. The average molecular weight is 371 g/mol. The van der Waals surface area contributed by atoms with Gasteiger partial charge in [0.1, 0.15) is 6.04 Å². The van der Waals surface area contributed by atoms with Gasteiger partial charge in [0, 0.05) is 24.2 Å². The summed E-state index contributed by atoms with van der Waals surface area (Å²) in [5.41, 5.74) is 5.33. The average Bonchev–Trinajstić information content (AvgIpc) is 3.43. The van der Waals surface area contributed by atoms with Crippen LogP contribution in [0.4, 0.5) is 0 Å². The SMILES string of the molecule is Cc1[nH]nc2cc([C@H]3c4ccccc4CN3C(=O)[C@@H]3CCCN3C#N)ccc12. The van der Waals surface area contributed by atoms with E-state index in [1.807, 2.05) is 24.0 Å². The normalized spacial score (nSPS) is 21.1. The molecule has 1 aromatic heterocycles. The molecule has 1 saturated heterocycles. The van der Waals surface area contributed by atoms with Crippen molar-refractivity contribution >= 4 is 16.8 Å². The first kappa shape index (κ1) is 16.8. The Bertz CT molecular complexity index is 1110. The Morgan fingerprint density at radius 2 is 2.14 bits per heavy atom. The Morgan fingerprint density at radius 1 is 1.29 bits per heavy atom. The van der Waals surface area contributed by atoms with Gasteiger partial charge in [0.2, 0.25) is 5.91 Å². The van der Waals surface area contributed by atoms with Gasteiger partial charge < -0.3 is 4.90 Å². The van der Waals surface area contributed by atoms with Gasteiger partial charge in [-0.3, -0.25) is 14.8 Å². The van der Waals surface area contributed by atoms with Gasteiger partial charge >= 0.3 is 0 Å². The molecule has 3 aromatic rings. The number of amides is 1. The van der Waals surface area contributed by atoms with Crippen molar-refractivity contribution in [3.63, 3.8) is 0 Å². The van der Waals surface area contributed by atoms with E-state index >= 15 is 0 Å². The maximum absolute atomic E-state index is 13.4. The molecule has 28 heavy (non-hydrogen) atoms. The number of carbonyl (C=O) groups excluding carboxylic acids is 1. The molecule has 1 N–H and O–H groups in total. The fraction of sp³-hybridized carbons (Fsp3) is 0.318. The lowest BCUT2D eigenvalue weighted by Crippen LogP contribution is -2.43. The Hall–Kier alpha value is -3.33. The highest BCUT2D eigenvalue weighted by atomic mass is 16.2. The molecule has 0 spiro atoms. The third-order valence-corrected chi connectivity index (χ3v) is 6.04. The number of H-pyrrole nitrogens is 1. The fourth-order valence-corrected chi connectivity index (χ4v) is 4.62. The molecular formula is C22H21N5O. The van der Waals surface area contributed by atoms with Crippen molar-refractivity contribution < 1.29 is 4.79 Å². The number of carbonyl (C=O) groups is 1. The summed E-state index contributed by atoms with van der Waals surface area (Å²) in [5, 5.41) is 17.9. The minimum absolute atomic E-state index is 0.0403. The number of hydrogen-bond acceptors (Lipinski definition) is 4. The summed E-state index contributed by atoms with van der Waals surface area (Å²) in [7, 11) is 0. The summed E-state index contributed by atoms with van der Waals surface area (Å²) < 4.78 is 0. The van der Waals surface area contributed by atoms with Crippen molar-refractivity contribution in [3.05, 3.63) is 64.8 Å². The Labute approximate surface area is 163 Å². The van der Waals surface area contributed by atoms with Gasteiger partial charge in [-0.1, -0.05) is 36.4 Å². The first-order valence-electron chi connectivity index (χ1n) is 9.66. The van der Waals surface area contributed by atoms with Crippen molar-refractivity contribution in [1.29, 1.82) is 5.26 Å². The Kier molecular flexibility index (Phi) is 3.83. The molecule has 0 aliphatic carbocycles. The molecule has 6 nitrogen and oxygen atoms in total. The largest absolute Gasteiger partial charge is 0.325 e. The third-order valence-electron chi connectivity index (χ3n) is 6.04. The first-order chi connectivity index (χ1) is 13.7. The standard InChI is InChI=1S/C22H21N5O/c1-14-17-9-8-15(11-19(17)25-24-14)21-18-6-3-2-5-16(18)12-27(21)22(28)20-7-4-10-26(20)13-23/h2-3,5-6,8-9,11,20-21H,4,7,10,12H2,1H3,(H,24,25)/t20-,21-/m0/s1. The predicted molar refractivity (Wildman–Crippen MR) is 105 cm³/mol. The van der Waals surface area contributed by atoms with Gasteiger partial charge in [-0.25, -0.2) is 0 Å². The number of benzene rings is 2. The summed E-state index contributed by atoms with van der Waals surface area (Å²) in [4.78, 5) is 17.0. The molecule has 1 fully saturated rings. The number of rotatable bonds is 2. The number of nitriles is 1. The molecule has 2 atom stereocenters. The maximum atomic E-state index is 13.4. The lowest BCUT2D eigenvalue weighted by molar-refractivity contribution is -0.136. The lowest BCUT2D eigenvalue weighted by atomic mass is 9.96. The van der Waals surface area contributed by atoms with Crippen LogP contribution in [0.1, 0.15) is 41.3 Å². The first-order valence-corrected chi connectivity index (χ1v) is 9.66. The second-order valence-corrected chi connectivity index (χ2v) is 7.64. The van der Waals surface area contributed by atoms with E-state index in [4.69, 9.17) is 0 Å². The smallest absolute Gasteiger partial charge is 0.247 e. The number of aromatic nitrogens is 2. The zero-order valence-corrected chi connectivity index (χ0v) is 15.7. The van der Waals surface area contributed by atoms with Crippen LogP contribution in [0, 0.1) is 18.4 Å². The molecule has 2 aliphatic rings. The van der Waals surface area contributed by atoms with Crippen molar-refractivity contribution in [2.45, 2.75) is 38.4 Å². The number of hydrogen-bond donors (Lipinski definition) is 1. The van der Waals surface area contributed by atoms with E-state index in [1.165, 1.54) is 5.56 Å². The molecule has 0 unspecified atom stereocenters. The second kappa shape index (κ2) is 6.38. The van der Waals surface area contributed by atoms with Crippen LogP contribution in [-0.4, -0.2) is 38.5 Å². The molecular weight excluding hydrogens is 350 g/mol. The van der Waals surface area contributed by atoms with Crippen molar-refractivity contribution in [3.8, 4) is 6.19 Å². The third kappa shape index (κ3) is 2.47. The molecule has 2 aromatic carbocycles. The summed E-state index contributed by atoms with van der Waals surface area (Å²) in [6.07, 6.45) is 3.82. The maximum Gasteiger partial charge on any atom is 0.247 e. The van der Waals surface area contributed by atoms with Gasteiger partial charge in [0.25, 0.3) is 0 Å². The van der Waals surface area contributed by atoms with Gasteiger partial charge in [-0.15, -0.1) is 0 Å². The summed E-state index contributed by atoms with van der Waals surface area (Å²) in [6, 6.07) is 14.0. The zero-order chi connectivity index (χ0) is 19.3. The van der Waals surface area contributed by atoms with E-state index in [-0.39, 0.29) is 18.0 Å². The van der Waals surface area contributed by atoms with Gasteiger partial charge in [-0.05, 0) is 42.5 Å². The fourth-order valence-electron chi connectivity index (χ4n) is 4.62. The van der Waals surface area contributed by atoms with Crippen LogP contribution in [0.2, 0.25) is 0 Å². The predicted octanol–water partition coefficient (Wildman–Crippen LogP) is 3.25. The quantitative estimate of drug-likeness (QED) is 0.702. The molecule has 0 radical (unpaired) electrons. The molecule has 0 bridgehead atoms. The molecule has 2 aliphatic heterocycles. The van der Waals surface area contributed by atoms with Gasteiger partial charge in [0.15, 0.2) is 6.19 Å². The van der Waals surface area contributed by atoms with E-state index in [0.717, 1.165) is 40.6 Å². The summed E-state index contributed by atoms with van der Waals surface area (Å²) >= 11 is 0. The van der Waals surface area contributed by atoms with Gasteiger partial charge in [-0.2, -0.15) is 10.4 Å². The molecule has 140 valence electrons. The number of likely N-dealkylation sites (tertiary alicyclic amines) is 1. The van der Waals surface area contributed by atoms with E-state index in [0.29, 0.717) is 13.1 Å². The highest BCUT2D eigenvalue weighted by molar-refractivity contribution is 5.85. The lowest BCUT2D eigenvalue weighted by Gasteiger charge is -2.30. The number of aryl methyl sites for hydroxylation is 1. The molecule has 1 amide bonds. The minimum atomic E-state index is -0.349. The Balaban J connectivity index is 1.58. The molecule has 3 heterocycles. The van der Waals surface area contributed by atoms with Crippen LogP contribution >= 0.6 is 0 Å².